The van der Waals surface area contributed by atoms with Crippen LogP contribution in [0.5, 0.6) is 0 Å². The Hall–Kier alpha value is -3.78. The van der Waals surface area contributed by atoms with Gasteiger partial charge in [-0.2, -0.15) is 15.5 Å². The minimum atomic E-state index is -0.661. The van der Waals surface area contributed by atoms with Crippen LogP contribution >= 0.6 is 0 Å². The average molecular weight is 425 g/mol. The molecule has 10 nitrogen and oxygen atoms in total. The van der Waals surface area contributed by atoms with Crippen molar-refractivity contribution in [3.05, 3.63) is 46.5 Å². The van der Waals surface area contributed by atoms with Crippen LogP contribution in [-0.4, -0.2) is 62.1 Å². The molecule has 11 heteroatoms. The summed E-state index contributed by atoms with van der Waals surface area (Å²) in [4.78, 5) is 27.4. The van der Waals surface area contributed by atoms with E-state index in [-0.39, 0.29) is 37.2 Å². The van der Waals surface area contributed by atoms with Gasteiger partial charge in [0, 0.05) is 30.8 Å². The molecule has 31 heavy (non-hydrogen) atoms. The molecular weight excluding hydrogens is 405 g/mol. The summed E-state index contributed by atoms with van der Waals surface area (Å²) in [6.45, 7) is 1.90. The molecule has 1 aromatic carbocycles. The van der Waals surface area contributed by atoms with Gasteiger partial charge >= 0.3 is 6.03 Å². The van der Waals surface area contributed by atoms with Gasteiger partial charge in [-0.15, -0.1) is 0 Å². The van der Waals surface area contributed by atoms with E-state index >= 15 is 0 Å². The molecule has 2 aliphatic rings. The lowest BCUT2D eigenvalue weighted by atomic mass is 9.99. The van der Waals surface area contributed by atoms with Crippen LogP contribution in [0.1, 0.15) is 34.2 Å². The number of hydrogen-bond acceptors (Lipinski definition) is 6. The van der Waals surface area contributed by atoms with Crippen LogP contribution in [0.4, 0.5) is 14.9 Å². The predicted molar refractivity (Wildman–Crippen MR) is 108 cm³/mol. The Bertz CT molecular complexity index is 1150. The van der Waals surface area contributed by atoms with E-state index in [2.05, 4.69) is 15.5 Å². The molecule has 0 spiro atoms. The van der Waals surface area contributed by atoms with Crippen molar-refractivity contribution in [1.82, 2.24) is 19.7 Å². The number of halogens is 1. The number of urea groups is 1. The Labute approximate surface area is 177 Å². The van der Waals surface area contributed by atoms with E-state index in [0.717, 1.165) is 16.8 Å². The lowest BCUT2D eigenvalue weighted by Crippen LogP contribution is -2.45. The van der Waals surface area contributed by atoms with Gasteiger partial charge in [-0.1, -0.05) is 0 Å². The third kappa shape index (κ3) is 3.62. The molecule has 0 saturated heterocycles. The number of fused-ring (bicyclic) bond motifs is 3. The molecule has 2 aliphatic heterocycles. The molecule has 3 amide bonds. The van der Waals surface area contributed by atoms with Gasteiger partial charge in [-0.05, 0) is 25.1 Å². The highest BCUT2D eigenvalue weighted by Crippen LogP contribution is 2.28. The second kappa shape index (κ2) is 7.81. The molecule has 160 valence electrons. The second-order valence-electron chi connectivity index (χ2n) is 7.50. The van der Waals surface area contributed by atoms with Gasteiger partial charge in [0.1, 0.15) is 17.6 Å². The van der Waals surface area contributed by atoms with E-state index in [4.69, 9.17) is 5.26 Å². The van der Waals surface area contributed by atoms with E-state index in [1.807, 2.05) is 6.92 Å². The number of nitriles is 1. The number of aliphatic hydroxyl groups is 1. The molecule has 4 rings (SSSR count). The summed E-state index contributed by atoms with van der Waals surface area (Å²) < 4.78 is 15.1. The largest absolute Gasteiger partial charge is 0.390 e. The summed E-state index contributed by atoms with van der Waals surface area (Å²) >= 11 is 0. The predicted octanol–water partition coefficient (Wildman–Crippen LogP) is 1.31. The lowest BCUT2D eigenvalue weighted by molar-refractivity contribution is 0.0789. The Morgan fingerprint density at radius 3 is 2.90 bits per heavy atom. The number of aromatic nitrogens is 2. The minimum Gasteiger partial charge on any atom is -0.390 e. The number of nitrogens with one attached hydrogen (secondary N) is 1. The normalized spacial score (nSPS) is 18.0. The SMILES string of the molecule is CC1Cc2nn3c(c2CN1C(=O)Nc1ccc(F)c(C#N)c1)C(=O)N(C)N=C(CO)C3. The number of carbonyl (C=O) groups is 2. The Morgan fingerprint density at radius 1 is 1.42 bits per heavy atom. The van der Waals surface area contributed by atoms with Crippen molar-refractivity contribution in [3.8, 4) is 6.07 Å². The number of hydrogen-bond donors (Lipinski definition) is 2. The summed E-state index contributed by atoms with van der Waals surface area (Å²) in [6, 6.07) is 4.87. The monoisotopic (exact) mass is 425 g/mol. The highest BCUT2D eigenvalue weighted by molar-refractivity contribution is 5.98. The summed E-state index contributed by atoms with van der Waals surface area (Å²) in [5.41, 5.74) is 2.23. The van der Waals surface area contributed by atoms with Crippen molar-refractivity contribution < 1.29 is 19.1 Å². The van der Waals surface area contributed by atoms with Crippen molar-refractivity contribution in [2.75, 3.05) is 19.0 Å². The Morgan fingerprint density at radius 2 is 2.19 bits per heavy atom. The fourth-order valence-corrected chi connectivity index (χ4v) is 3.80. The van der Waals surface area contributed by atoms with Crippen molar-refractivity contribution >= 4 is 23.3 Å². The molecular formula is C20H20FN7O3. The van der Waals surface area contributed by atoms with E-state index < -0.39 is 11.8 Å². The van der Waals surface area contributed by atoms with Crippen LogP contribution in [-0.2, 0) is 19.5 Å². The quantitative estimate of drug-likeness (QED) is 0.750. The number of hydrazone groups is 1. The first-order valence-corrected chi connectivity index (χ1v) is 9.63. The maximum Gasteiger partial charge on any atom is 0.322 e. The molecule has 0 aliphatic carbocycles. The van der Waals surface area contributed by atoms with E-state index in [1.165, 1.54) is 23.9 Å². The Balaban J connectivity index is 1.62. The molecule has 0 fully saturated rings. The molecule has 1 unspecified atom stereocenters. The van der Waals surface area contributed by atoms with Crippen LogP contribution in [0, 0.1) is 17.1 Å². The summed E-state index contributed by atoms with van der Waals surface area (Å²) in [5, 5.41) is 31.0. The Kier molecular flexibility index (Phi) is 5.16. The minimum absolute atomic E-state index is 0.151. The van der Waals surface area contributed by atoms with Crippen molar-refractivity contribution in [2.24, 2.45) is 5.10 Å². The zero-order valence-corrected chi connectivity index (χ0v) is 17.0. The fourth-order valence-electron chi connectivity index (χ4n) is 3.80. The van der Waals surface area contributed by atoms with Gasteiger partial charge in [0.15, 0.2) is 0 Å². The molecule has 0 radical (unpaired) electrons. The first-order chi connectivity index (χ1) is 14.8. The zero-order chi connectivity index (χ0) is 22.3. The molecule has 3 heterocycles. The first-order valence-electron chi connectivity index (χ1n) is 9.63. The van der Waals surface area contributed by atoms with Gasteiger partial charge in [0.25, 0.3) is 5.91 Å². The summed E-state index contributed by atoms with van der Waals surface area (Å²) in [5.74, 6) is -1.03. The second-order valence-corrected chi connectivity index (χ2v) is 7.50. The first kappa shape index (κ1) is 20.5. The number of benzene rings is 1. The van der Waals surface area contributed by atoms with E-state index in [1.54, 1.807) is 11.0 Å². The standard InChI is InChI=1S/C20H20FN7O3/c1-11-5-17-15(18-19(30)26(2)24-14(10-29)8-28(18)25-17)9-27(11)20(31)23-13-3-4-16(21)12(6-13)7-22/h3-4,6,11,29H,5,8-10H2,1-2H3,(H,23,31). The fraction of sp³-hybridized carbons (Fsp3) is 0.350. The van der Waals surface area contributed by atoms with Gasteiger partial charge in [0.2, 0.25) is 0 Å². The van der Waals surface area contributed by atoms with Crippen LogP contribution in [0.25, 0.3) is 0 Å². The molecule has 0 bridgehead atoms. The van der Waals surface area contributed by atoms with E-state index in [0.29, 0.717) is 29.1 Å². The van der Waals surface area contributed by atoms with Crippen molar-refractivity contribution in [2.45, 2.75) is 32.5 Å². The third-order valence-electron chi connectivity index (χ3n) is 5.38. The average Bonchev–Trinajstić information content (AvgIpc) is 3.03. The number of carbonyl (C=O) groups excluding carboxylic acids is 2. The van der Waals surface area contributed by atoms with Crippen molar-refractivity contribution in [1.29, 1.82) is 5.26 Å². The maximum absolute atomic E-state index is 13.6. The van der Waals surface area contributed by atoms with Gasteiger partial charge in [-0.3, -0.25) is 9.48 Å². The van der Waals surface area contributed by atoms with Gasteiger partial charge in [-0.25, -0.2) is 14.2 Å². The highest BCUT2D eigenvalue weighted by Gasteiger charge is 2.36. The highest BCUT2D eigenvalue weighted by atomic mass is 19.1. The number of aliphatic hydroxyl groups excluding tert-OH is 1. The lowest BCUT2D eigenvalue weighted by Gasteiger charge is -2.33. The number of amides is 3. The van der Waals surface area contributed by atoms with Gasteiger partial charge < -0.3 is 15.3 Å². The molecule has 2 N–H and O–H groups in total. The van der Waals surface area contributed by atoms with Crippen LogP contribution < -0.4 is 5.32 Å². The zero-order valence-electron chi connectivity index (χ0n) is 17.0. The van der Waals surface area contributed by atoms with Crippen molar-refractivity contribution in [3.63, 3.8) is 0 Å². The molecule has 0 saturated carbocycles. The smallest absolute Gasteiger partial charge is 0.322 e. The molecule has 1 atom stereocenters. The molecule has 1 aromatic heterocycles. The number of rotatable bonds is 2. The summed E-state index contributed by atoms with van der Waals surface area (Å²) in [7, 11) is 1.50. The summed E-state index contributed by atoms with van der Waals surface area (Å²) in [6.07, 6.45) is 0.443. The van der Waals surface area contributed by atoms with Gasteiger partial charge in [0.05, 0.1) is 36.7 Å². The van der Waals surface area contributed by atoms with Crippen LogP contribution in [0.2, 0.25) is 0 Å². The van der Waals surface area contributed by atoms with E-state index in [9.17, 15) is 19.1 Å². The van der Waals surface area contributed by atoms with Crippen LogP contribution in [0.3, 0.4) is 0 Å². The van der Waals surface area contributed by atoms with Crippen LogP contribution in [0.15, 0.2) is 23.3 Å². The maximum atomic E-state index is 13.6. The number of nitrogens with zero attached hydrogens (tertiary/aromatic N) is 6. The molecule has 2 aromatic rings. The number of anilines is 1. The third-order valence-corrected chi connectivity index (χ3v) is 5.38. The topological polar surface area (TPSA) is 127 Å².